The number of hydrogen-bond acceptors (Lipinski definition) is 8. The summed E-state index contributed by atoms with van der Waals surface area (Å²) in [4.78, 5) is 36.9. The van der Waals surface area contributed by atoms with Crippen molar-refractivity contribution in [2.24, 2.45) is 5.10 Å². The zero-order chi connectivity index (χ0) is 26.8. The predicted molar refractivity (Wildman–Crippen MR) is 140 cm³/mol. The van der Waals surface area contributed by atoms with Crippen LogP contribution in [0.1, 0.15) is 26.3 Å². The Bertz CT molecular complexity index is 1330. The molecule has 3 rings (SSSR count). The minimum Gasteiger partial charge on any atom is -0.493 e. The molecule has 11 heteroatoms. The molecule has 0 aliphatic heterocycles. The molecule has 10 nitrogen and oxygen atoms in total. The number of hydrazone groups is 1. The molecule has 0 heterocycles. The number of halogens is 1. The average Bonchev–Trinajstić information content (AvgIpc) is 2.92. The lowest BCUT2D eigenvalue weighted by atomic mass is 10.2. The maximum atomic E-state index is 12.5. The highest BCUT2D eigenvalue weighted by Crippen LogP contribution is 2.29. The van der Waals surface area contributed by atoms with Crippen LogP contribution in [-0.2, 0) is 4.79 Å². The predicted octanol–water partition coefficient (Wildman–Crippen LogP) is 3.57. The molecule has 0 spiro atoms. The van der Waals surface area contributed by atoms with Gasteiger partial charge in [-0.1, -0.05) is 12.1 Å². The molecule has 192 valence electrons. The lowest BCUT2D eigenvalue weighted by molar-refractivity contribution is -0.120. The van der Waals surface area contributed by atoms with E-state index in [0.29, 0.717) is 38.4 Å². The number of esters is 1. The van der Waals surface area contributed by atoms with Crippen LogP contribution in [0.5, 0.6) is 23.0 Å². The molecular weight excluding hydrogens is 546 g/mol. The van der Waals surface area contributed by atoms with E-state index >= 15 is 0 Å². The third kappa shape index (κ3) is 7.31. The van der Waals surface area contributed by atoms with E-state index in [-0.39, 0.29) is 12.3 Å². The molecule has 0 saturated heterocycles. The second-order valence-electron chi connectivity index (χ2n) is 7.33. The topological polar surface area (TPSA) is 125 Å². The molecule has 0 aromatic heterocycles. The third-order valence-corrected chi connectivity index (χ3v) is 5.63. The number of amides is 2. The van der Waals surface area contributed by atoms with Gasteiger partial charge in [-0.15, -0.1) is 0 Å². The molecule has 0 aliphatic carbocycles. The molecule has 2 N–H and O–H groups in total. The van der Waals surface area contributed by atoms with Crippen LogP contribution in [0.2, 0.25) is 0 Å². The van der Waals surface area contributed by atoms with E-state index in [1.807, 2.05) is 0 Å². The van der Waals surface area contributed by atoms with Crippen LogP contribution >= 0.6 is 15.9 Å². The van der Waals surface area contributed by atoms with Crippen molar-refractivity contribution in [3.8, 4) is 23.0 Å². The quantitative estimate of drug-likeness (QED) is 0.165. The highest BCUT2D eigenvalue weighted by atomic mass is 79.9. The molecule has 3 aromatic carbocycles. The fourth-order valence-electron chi connectivity index (χ4n) is 3.09. The normalized spacial score (nSPS) is 10.5. The van der Waals surface area contributed by atoms with Crippen molar-refractivity contribution in [3.63, 3.8) is 0 Å². The molecule has 37 heavy (non-hydrogen) atoms. The first-order chi connectivity index (χ1) is 17.9. The summed E-state index contributed by atoms with van der Waals surface area (Å²) in [7, 11) is 4.40. The Balaban J connectivity index is 1.55. The first-order valence-electron chi connectivity index (χ1n) is 10.8. The molecule has 2 amide bonds. The molecular formula is C26H24BrN3O7. The van der Waals surface area contributed by atoms with Crippen LogP contribution in [0.15, 0.2) is 70.2 Å². The maximum absolute atomic E-state index is 12.5. The second kappa shape index (κ2) is 13.1. The average molecular weight is 570 g/mol. The fourth-order valence-corrected chi connectivity index (χ4v) is 3.54. The number of nitrogens with zero attached hydrogens (tertiary/aromatic N) is 1. The summed E-state index contributed by atoms with van der Waals surface area (Å²) in [5.74, 6) is -0.130. The van der Waals surface area contributed by atoms with Gasteiger partial charge < -0.3 is 24.3 Å². The van der Waals surface area contributed by atoms with Crippen molar-refractivity contribution < 1.29 is 33.3 Å². The van der Waals surface area contributed by atoms with Crippen LogP contribution in [0.25, 0.3) is 0 Å². The van der Waals surface area contributed by atoms with Crippen LogP contribution < -0.4 is 29.7 Å². The molecule has 0 radical (unpaired) electrons. The molecule has 0 unspecified atom stereocenters. The number of hydrogen-bond donors (Lipinski definition) is 2. The lowest BCUT2D eigenvalue weighted by Gasteiger charge is -2.10. The maximum Gasteiger partial charge on any atom is 0.344 e. The Kier molecular flexibility index (Phi) is 9.61. The summed E-state index contributed by atoms with van der Waals surface area (Å²) in [6, 6.07) is 16.4. The van der Waals surface area contributed by atoms with Crippen LogP contribution in [0.3, 0.4) is 0 Å². The Morgan fingerprint density at radius 3 is 2.24 bits per heavy atom. The Morgan fingerprint density at radius 1 is 0.865 bits per heavy atom. The van der Waals surface area contributed by atoms with Crippen molar-refractivity contribution in [2.75, 3.05) is 27.9 Å². The molecule has 0 atom stereocenters. The molecule has 0 fully saturated rings. The minimum atomic E-state index is -0.547. The van der Waals surface area contributed by atoms with E-state index in [1.54, 1.807) is 54.6 Å². The van der Waals surface area contributed by atoms with Gasteiger partial charge in [0.25, 0.3) is 11.8 Å². The zero-order valence-electron chi connectivity index (χ0n) is 20.2. The summed E-state index contributed by atoms with van der Waals surface area (Å²) < 4.78 is 21.7. The summed E-state index contributed by atoms with van der Waals surface area (Å²) in [5.41, 5.74) is 3.58. The number of ether oxygens (including phenoxy) is 4. The Morgan fingerprint density at radius 2 is 1.54 bits per heavy atom. The van der Waals surface area contributed by atoms with Gasteiger partial charge in [0.2, 0.25) is 0 Å². The van der Waals surface area contributed by atoms with Crippen molar-refractivity contribution in [1.29, 1.82) is 0 Å². The van der Waals surface area contributed by atoms with E-state index in [0.717, 1.165) is 0 Å². The van der Waals surface area contributed by atoms with Gasteiger partial charge in [-0.3, -0.25) is 9.59 Å². The van der Waals surface area contributed by atoms with Gasteiger partial charge in [-0.05, 0) is 70.0 Å². The van der Waals surface area contributed by atoms with Gasteiger partial charge in [0.05, 0.1) is 39.7 Å². The van der Waals surface area contributed by atoms with E-state index in [2.05, 4.69) is 31.8 Å². The largest absolute Gasteiger partial charge is 0.493 e. The number of nitrogens with one attached hydrogen (secondary N) is 2. The van der Waals surface area contributed by atoms with E-state index in [1.165, 1.54) is 33.6 Å². The van der Waals surface area contributed by atoms with Crippen molar-refractivity contribution in [3.05, 3.63) is 81.8 Å². The Labute approximate surface area is 221 Å². The van der Waals surface area contributed by atoms with Crippen LogP contribution in [0, 0.1) is 0 Å². The standard InChI is InChI=1S/C26H24BrN3O7/c1-34-20-11-9-17(13-23(20)36-3)25(32)28-15-24(31)30-29-14-16-8-10-21(22(12-16)35-2)37-26(33)18-6-4-5-7-19(18)27/h4-14H,15H2,1-3H3,(H,28,32)(H,30,31)/b29-14+. The van der Waals surface area contributed by atoms with E-state index in [4.69, 9.17) is 18.9 Å². The molecule has 0 saturated carbocycles. The smallest absolute Gasteiger partial charge is 0.344 e. The monoisotopic (exact) mass is 569 g/mol. The molecule has 0 aliphatic rings. The van der Waals surface area contributed by atoms with Crippen molar-refractivity contribution >= 4 is 39.9 Å². The van der Waals surface area contributed by atoms with Gasteiger partial charge in [0.1, 0.15) is 0 Å². The lowest BCUT2D eigenvalue weighted by Crippen LogP contribution is -2.34. The van der Waals surface area contributed by atoms with Gasteiger partial charge >= 0.3 is 5.97 Å². The number of benzene rings is 3. The fraction of sp³-hybridized carbons (Fsp3) is 0.154. The summed E-state index contributed by atoms with van der Waals surface area (Å²) in [6.45, 7) is -0.294. The minimum absolute atomic E-state index is 0.224. The van der Waals surface area contributed by atoms with Crippen molar-refractivity contribution in [2.45, 2.75) is 0 Å². The second-order valence-corrected chi connectivity index (χ2v) is 8.18. The first-order valence-corrected chi connectivity index (χ1v) is 11.6. The third-order valence-electron chi connectivity index (χ3n) is 4.94. The number of carbonyl (C=O) groups is 3. The van der Waals surface area contributed by atoms with Gasteiger partial charge in [-0.2, -0.15) is 5.10 Å². The Hall–Kier alpha value is -4.38. The molecule has 3 aromatic rings. The number of carbonyl (C=O) groups excluding carboxylic acids is 3. The number of methoxy groups -OCH3 is 3. The SMILES string of the molecule is COc1ccc(C(=O)NCC(=O)N/N=C/c2ccc(OC(=O)c3ccccc3Br)c(OC)c2)cc1OC. The molecule has 0 bridgehead atoms. The van der Waals surface area contributed by atoms with E-state index in [9.17, 15) is 14.4 Å². The summed E-state index contributed by atoms with van der Waals surface area (Å²) >= 11 is 3.32. The first kappa shape index (κ1) is 27.2. The summed E-state index contributed by atoms with van der Waals surface area (Å²) in [6.07, 6.45) is 1.38. The van der Waals surface area contributed by atoms with Crippen LogP contribution in [0.4, 0.5) is 0 Å². The number of rotatable bonds is 10. The highest BCUT2D eigenvalue weighted by molar-refractivity contribution is 9.10. The van der Waals surface area contributed by atoms with Crippen molar-refractivity contribution in [1.82, 2.24) is 10.7 Å². The zero-order valence-corrected chi connectivity index (χ0v) is 21.8. The van der Waals surface area contributed by atoms with Crippen LogP contribution in [-0.4, -0.2) is 51.9 Å². The van der Waals surface area contributed by atoms with Gasteiger partial charge in [0, 0.05) is 10.0 Å². The van der Waals surface area contributed by atoms with Gasteiger partial charge in [0.15, 0.2) is 23.0 Å². The highest BCUT2D eigenvalue weighted by Gasteiger charge is 2.15. The summed E-state index contributed by atoms with van der Waals surface area (Å²) in [5, 5.41) is 6.39. The van der Waals surface area contributed by atoms with E-state index < -0.39 is 17.8 Å². The van der Waals surface area contributed by atoms with Gasteiger partial charge in [-0.25, -0.2) is 10.2 Å².